The van der Waals surface area contributed by atoms with Crippen LogP contribution in [-0.2, 0) is 6.18 Å². The van der Waals surface area contributed by atoms with E-state index < -0.39 is 11.7 Å². The summed E-state index contributed by atoms with van der Waals surface area (Å²) in [6.45, 7) is 0. The number of aromatic nitrogens is 2. The third kappa shape index (κ3) is 1.85. The lowest BCUT2D eigenvalue weighted by Crippen LogP contribution is -2.05. The van der Waals surface area contributed by atoms with E-state index in [0.29, 0.717) is 9.83 Å². The maximum atomic E-state index is 12.3. The van der Waals surface area contributed by atoms with Crippen LogP contribution < -0.4 is 11.3 Å². The molecule has 0 aliphatic rings. The van der Waals surface area contributed by atoms with E-state index in [0.717, 1.165) is 23.6 Å². The van der Waals surface area contributed by atoms with Crippen molar-refractivity contribution in [2.45, 2.75) is 6.18 Å². The van der Waals surface area contributed by atoms with Crippen molar-refractivity contribution in [3.63, 3.8) is 0 Å². The van der Waals surface area contributed by atoms with Gasteiger partial charge in [0, 0.05) is 6.20 Å². The fraction of sp³-hybridized carbons (Fsp3) is 0.143. The first kappa shape index (κ1) is 10.1. The Bertz CT molecular complexity index is 492. The molecular weight excluding hydrogens is 229 g/mol. The zero-order valence-corrected chi connectivity index (χ0v) is 7.99. The Kier molecular flexibility index (Phi) is 2.24. The maximum Gasteiger partial charge on any atom is 0.417 e. The van der Waals surface area contributed by atoms with Gasteiger partial charge in [-0.1, -0.05) is 11.3 Å². The van der Waals surface area contributed by atoms with Gasteiger partial charge in [0.05, 0.1) is 10.3 Å². The van der Waals surface area contributed by atoms with Gasteiger partial charge in [0.15, 0.2) is 10.8 Å². The molecule has 2 aromatic rings. The molecular formula is C7H5F3N4S. The molecule has 0 aromatic carbocycles. The highest BCUT2D eigenvalue weighted by molar-refractivity contribution is 7.22. The van der Waals surface area contributed by atoms with Gasteiger partial charge in [0.1, 0.15) is 0 Å². The number of halogens is 3. The Morgan fingerprint density at radius 2 is 2.13 bits per heavy atom. The highest BCUT2D eigenvalue weighted by Gasteiger charge is 2.31. The molecule has 0 unspecified atom stereocenters. The van der Waals surface area contributed by atoms with Crippen LogP contribution in [-0.4, -0.2) is 9.97 Å². The Morgan fingerprint density at radius 3 is 2.73 bits per heavy atom. The SMILES string of the molecule is NNc1nc2ncc(C(F)(F)F)cc2s1. The number of fused-ring (bicyclic) bond motifs is 1. The van der Waals surface area contributed by atoms with Crippen LogP contribution in [0.15, 0.2) is 12.3 Å². The van der Waals surface area contributed by atoms with Crippen molar-refractivity contribution in [2.75, 3.05) is 5.43 Å². The van der Waals surface area contributed by atoms with Gasteiger partial charge in [0.25, 0.3) is 0 Å². The summed E-state index contributed by atoms with van der Waals surface area (Å²) in [4.78, 5) is 7.46. The van der Waals surface area contributed by atoms with Gasteiger partial charge in [-0.3, -0.25) is 5.43 Å². The Balaban J connectivity index is 2.55. The van der Waals surface area contributed by atoms with Crippen molar-refractivity contribution in [2.24, 2.45) is 5.84 Å². The van der Waals surface area contributed by atoms with E-state index in [1.807, 2.05) is 0 Å². The zero-order chi connectivity index (χ0) is 11.1. The third-order valence-corrected chi connectivity index (χ3v) is 2.62. The van der Waals surface area contributed by atoms with Crippen LogP contribution in [0.25, 0.3) is 10.3 Å². The lowest BCUT2D eigenvalue weighted by molar-refractivity contribution is -0.137. The van der Waals surface area contributed by atoms with Gasteiger partial charge in [-0.05, 0) is 6.07 Å². The zero-order valence-electron chi connectivity index (χ0n) is 7.17. The van der Waals surface area contributed by atoms with Crippen LogP contribution in [0.1, 0.15) is 5.56 Å². The summed E-state index contributed by atoms with van der Waals surface area (Å²) in [6, 6.07) is 1.00. The molecule has 0 amide bonds. The van der Waals surface area contributed by atoms with Crippen molar-refractivity contribution in [3.05, 3.63) is 17.8 Å². The third-order valence-electron chi connectivity index (χ3n) is 1.70. The minimum Gasteiger partial charge on any atom is -0.300 e. The first-order chi connectivity index (χ1) is 7.00. The van der Waals surface area contributed by atoms with Gasteiger partial charge in [-0.15, -0.1) is 0 Å². The number of thiazole rings is 1. The number of alkyl halides is 3. The number of nitrogens with one attached hydrogen (secondary N) is 1. The molecule has 4 nitrogen and oxygen atoms in total. The minimum absolute atomic E-state index is 0.251. The lowest BCUT2D eigenvalue weighted by Gasteiger charge is -2.04. The van der Waals surface area contributed by atoms with E-state index in [9.17, 15) is 13.2 Å². The number of hydrogen-bond acceptors (Lipinski definition) is 5. The van der Waals surface area contributed by atoms with Crippen molar-refractivity contribution in [1.29, 1.82) is 0 Å². The van der Waals surface area contributed by atoms with E-state index in [2.05, 4.69) is 15.4 Å². The summed E-state index contributed by atoms with van der Waals surface area (Å²) in [5.74, 6) is 5.09. The molecule has 2 aromatic heterocycles. The van der Waals surface area contributed by atoms with Crippen LogP contribution in [0.4, 0.5) is 18.3 Å². The summed E-state index contributed by atoms with van der Waals surface area (Å²) in [7, 11) is 0. The molecule has 0 spiro atoms. The van der Waals surface area contributed by atoms with Crippen molar-refractivity contribution < 1.29 is 13.2 Å². The molecule has 0 saturated heterocycles. The number of hydrogen-bond donors (Lipinski definition) is 2. The smallest absolute Gasteiger partial charge is 0.300 e. The van der Waals surface area contributed by atoms with E-state index >= 15 is 0 Å². The van der Waals surface area contributed by atoms with E-state index in [-0.39, 0.29) is 5.65 Å². The summed E-state index contributed by atoms with van der Waals surface area (Å²) in [5.41, 5.74) is 1.72. The van der Waals surface area contributed by atoms with Crippen LogP contribution in [0.5, 0.6) is 0 Å². The van der Waals surface area contributed by atoms with E-state index in [1.165, 1.54) is 0 Å². The predicted molar refractivity (Wildman–Crippen MR) is 50.2 cm³/mol. The van der Waals surface area contributed by atoms with Gasteiger partial charge in [0.2, 0.25) is 0 Å². The van der Waals surface area contributed by atoms with Gasteiger partial charge >= 0.3 is 6.18 Å². The molecule has 0 aliphatic carbocycles. The molecule has 8 heteroatoms. The Labute approximate surface area is 85.9 Å². The number of rotatable bonds is 1. The number of anilines is 1. The minimum atomic E-state index is -4.39. The molecule has 2 rings (SSSR count). The molecule has 3 N–H and O–H groups in total. The topological polar surface area (TPSA) is 63.8 Å². The average Bonchev–Trinajstić information content (AvgIpc) is 2.57. The van der Waals surface area contributed by atoms with Crippen LogP contribution in [0.3, 0.4) is 0 Å². The van der Waals surface area contributed by atoms with Crippen LogP contribution in [0.2, 0.25) is 0 Å². The van der Waals surface area contributed by atoms with Crippen molar-refractivity contribution >= 4 is 26.8 Å². The second-order valence-electron chi connectivity index (χ2n) is 2.71. The van der Waals surface area contributed by atoms with Gasteiger partial charge in [-0.25, -0.2) is 10.8 Å². The fourth-order valence-electron chi connectivity index (χ4n) is 1.04. The molecule has 0 radical (unpaired) electrons. The summed E-state index contributed by atoms with van der Waals surface area (Å²) < 4.78 is 37.3. The fourth-order valence-corrected chi connectivity index (χ4v) is 1.81. The number of nitrogens with two attached hydrogens (primary N) is 1. The normalized spacial score (nSPS) is 12.0. The monoisotopic (exact) mass is 234 g/mol. The van der Waals surface area contributed by atoms with Crippen molar-refractivity contribution in [1.82, 2.24) is 9.97 Å². The molecule has 0 atom stereocenters. The Morgan fingerprint density at radius 1 is 1.40 bits per heavy atom. The number of pyridine rings is 1. The van der Waals surface area contributed by atoms with Gasteiger partial charge in [-0.2, -0.15) is 18.2 Å². The largest absolute Gasteiger partial charge is 0.417 e. The molecule has 15 heavy (non-hydrogen) atoms. The molecule has 0 saturated carbocycles. The quantitative estimate of drug-likeness (QED) is 0.585. The van der Waals surface area contributed by atoms with Gasteiger partial charge < -0.3 is 0 Å². The molecule has 80 valence electrons. The van der Waals surface area contributed by atoms with E-state index in [4.69, 9.17) is 5.84 Å². The lowest BCUT2D eigenvalue weighted by atomic mass is 10.3. The average molecular weight is 234 g/mol. The molecule has 2 heterocycles. The molecule has 0 aliphatic heterocycles. The number of hydrazine groups is 1. The highest BCUT2D eigenvalue weighted by Crippen LogP contribution is 2.32. The molecule has 0 fully saturated rings. The first-order valence-corrected chi connectivity index (χ1v) is 4.63. The van der Waals surface area contributed by atoms with Crippen LogP contribution in [0, 0.1) is 0 Å². The predicted octanol–water partition coefficient (Wildman–Crippen LogP) is 2.00. The standard InChI is InChI=1S/C7H5F3N4S/c8-7(9,10)3-1-4-5(12-2-3)13-6(14-11)15-4/h1-2H,11H2,(H,12,13,14). The highest BCUT2D eigenvalue weighted by atomic mass is 32.1. The summed E-state index contributed by atoms with van der Waals surface area (Å²) in [6.07, 6.45) is -3.64. The number of nitrogen functional groups attached to an aromatic ring is 1. The molecule has 0 bridgehead atoms. The summed E-state index contributed by atoms with van der Waals surface area (Å²) in [5, 5.41) is 0.330. The van der Waals surface area contributed by atoms with Crippen molar-refractivity contribution in [3.8, 4) is 0 Å². The maximum absolute atomic E-state index is 12.3. The number of nitrogens with zero attached hydrogens (tertiary/aromatic N) is 2. The second kappa shape index (κ2) is 3.31. The summed E-state index contributed by atoms with van der Waals surface area (Å²) >= 11 is 1.02. The van der Waals surface area contributed by atoms with Crippen LogP contribution >= 0.6 is 11.3 Å². The first-order valence-electron chi connectivity index (χ1n) is 3.81. The van der Waals surface area contributed by atoms with E-state index in [1.54, 1.807) is 0 Å². The second-order valence-corrected chi connectivity index (χ2v) is 3.74. The Hall–Kier alpha value is -1.41.